The normalized spacial score (nSPS) is 18.6. The van der Waals surface area contributed by atoms with Gasteiger partial charge in [-0.2, -0.15) is 0 Å². The second kappa shape index (κ2) is 4.74. The van der Waals surface area contributed by atoms with E-state index >= 15 is 0 Å². The Bertz CT molecular complexity index is 249. The number of carbonyl (C=O) groups is 1. The molecule has 1 aliphatic rings. The Morgan fingerprint density at radius 3 is 2.25 bits per heavy atom. The van der Waals surface area contributed by atoms with E-state index in [1.165, 1.54) is 12.8 Å². The van der Waals surface area contributed by atoms with E-state index in [2.05, 4.69) is 24.5 Å². The molecular weight excluding hydrogens is 200 g/mol. The minimum atomic E-state index is -0.131. The maximum absolute atomic E-state index is 11.6. The molecule has 0 unspecified atom stereocenters. The van der Waals surface area contributed by atoms with Crippen molar-refractivity contribution >= 4 is 5.91 Å². The summed E-state index contributed by atoms with van der Waals surface area (Å²) < 4.78 is 0. The molecule has 0 heterocycles. The molecule has 94 valence electrons. The molecule has 0 aromatic rings. The van der Waals surface area contributed by atoms with Crippen molar-refractivity contribution in [2.75, 3.05) is 13.1 Å². The Morgan fingerprint density at radius 1 is 1.31 bits per heavy atom. The van der Waals surface area contributed by atoms with Gasteiger partial charge < -0.3 is 10.6 Å². The van der Waals surface area contributed by atoms with Gasteiger partial charge in [-0.05, 0) is 44.9 Å². The first-order valence-corrected chi connectivity index (χ1v) is 6.27. The van der Waals surface area contributed by atoms with Crippen LogP contribution in [0.15, 0.2) is 0 Å². The SMILES string of the molecule is CC(C)C1(CNCC(=O)NC(C)(C)C)CC1. The highest BCUT2D eigenvalue weighted by atomic mass is 16.2. The Labute approximate surface area is 99.4 Å². The first kappa shape index (κ1) is 13.5. The fourth-order valence-corrected chi connectivity index (χ4v) is 2.01. The van der Waals surface area contributed by atoms with E-state index in [1.54, 1.807) is 0 Å². The zero-order chi connectivity index (χ0) is 12.4. The zero-order valence-corrected chi connectivity index (χ0v) is 11.3. The minimum absolute atomic E-state index is 0.0899. The lowest BCUT2D eigenvalue weighted by atomic mass is 9.92. The average Bonchev–Trinajstić information content (AvgIpc) is 2.81. The molecule has 1 aliphatic carbocycles. The van der Waals surface area contributed by atoms with Gasteiger partial charge in [0.25, 0.3) is 0 Å². The van der Waals surface area contributed by atoms with Crippen molar-refractivity contribution in [3.8, 4) is 0 Å². The van der Waals surface area contributed by atoms with Gasteiger partial charge in [-0.15, -0.1) is 0 Å². The number of rotatable bonds is 5. The van der Waals surface area contributed by atoms with E-state index < -0.39 is 0 Å². The van der Waals surface area contributed by atoms with E-state index in [0.717, 1.165) is 6.54 Å². The summed E-state index contributed by atoms with van der Waals surface area (Å²) in [5.74, 6) is 0.803. The average molecular weight is 226 g/mol. The molecule has 0 aromatic heterocycles. The van der Waals surface area contributed by atoms with Gasteiger partial charge in [0.1, 0.15) is 0 Å². The first-order valence-electron chi connectivity index (χ1n) is 6.27. The number of hydrogen-bond donors (Lipinski definition) is 2. The number of hydrogen-bond acceptors (Lipinski definition) is 2. The summed E-state index contributed by atoms with van der Waals surface area (Å²) in [4.78, 5) is 11.6. The lowest BCUT2D eigenvalue weighted by molar-refractivity contribution is -0.121. The third-order valence-corrected chi connectivity index (χ3v) is 3.39. The standard InChI is InChI=1S/C13H26N2O/c1-10(2)13(6-7-13)9-14-8-11(16)15-12(3,4)5/h10,14H,6-9H2,1-5H3,(H,15,16). The second-order valence-corrected chi connectivity index (χ2v) is 6.42. The minimum Gasteiger partial charge on any atom is -0.350 e. The summed E-state index contributed by atoms with van der Waals surface area (Å²) in [5.41, 5.74) is 0.343. The predicted octanol–water partition coefficient (Wildman–Crippen LogP) is 1.93. The summed E-state index contributed by atoms with van der Waals surface area (Å²) in [6.07, 6.45) is 2.61. The maximum atomic E-state index is 11.6. The highest BCUT2D eigenvalue weighted by Gasteiger charge is 2.44. The van der Waals surface area contributed by atoms with Crippen LogP contribution in [-0.2, 0) is 4.79 Å². The molecule has 1 saturated carbocycles. The van der Waals surface area contributed by atoms with Crippen molar-refractivity contribution in [3.63, 3.8) is 0 Å². The predicted molar refractivity (Wildman–Crippen MR) is 67.3 cm³/mol. The Hall–Kier alpha value is -0.570. The largest absolute Gasteiger partial charge is 0.350 e. The molecule has 0 radical (unpaired) electrons. The highest BCUT2D eigenvalue weighted by molar-refractivity contribution is 5.78. The van der Waals surface area contributed by atoms with E-state index in [0.29, 0.717) is 17.9 Å². The summed E-state index contributed by atoms with van der Waals surface area (Å²) in [6.45, 7) is 12.0. The van der Waals surface area contributed by atoms with Gasteiger partial charge in [-0.1, -0.05) is 13.8 Å². The molecule has 0 bridgehead atoms. The van der Waals surface area contributed by atoms with Gasteiger partial charge in [0.05, 0.1) is 6.54 Å². The van der Waals surface area contributed by atoms with Crippen molar-refractivity contribution in [2.45, 2.75) is 53.0 Å². The van der Waals surface area contributed by atoms with Crippen LogP contribution in [0.2, 0.25) is 0 Å². The van der Waals surface area contributed by atoms with Crippen LogP contribution in [-0.4, -0.2) is 24.5 Å². The van der Waals surface area contributed by atoms with Crippen molar-refractivity contribution in [2.24, 2.45) is 11.3 Å². The third-order valence-electron chi connectivity index (χ3n) is 3.39. The zero-order valence-electron chi connectivity index (χ0n) is 11.3. The van der Waals surface area contributed by atoms with E-state index in [1.807, 2.05) is 20.8 Å². The first-order chi connectivity index (χ1) is 7.25. The summed E-state index contributed by atoms with van der Waals surface area (Å²) >= 11 is 0. The van der Waals surface area contributed by atoms with Crippen LogP contribution in [0.4, 0.5) is 0 Å². The van der Waals surface area contributed by atoms with Gasteiger partial charge in [0.15, 0.2) is 0 Å². The van der Waals surface area contributed by atoms with E-state index in [-0.39, 0.29) is 11.4 Å². The third kappa shape index (κ3) is 4.12. The molecule has 1 rings (SSSR count). The fraction of sp³-hybridized carbons (Fsp3) is 0.923. The lowest BCUT2D eigenvalue weighted by Crippen LogP contribution is -2.45. The van der Waals surface area contributed by atoms with Gasteiger partial charge in [-0.25, -0.2) is 0 Å². The van der Waals surface area contributed by atoms with Gasteiger partial charge in [0.2, 0.25) is 5.91 Å². The van der Waals surface area contributed by atoms with Gasteiger partial charge >= 0.3 is 0 Å². The van der Waals surface area contributed by atoms with Crippen molar-refractivity contribution in [3.05, 3.63) is 0 Å². The van der Waals surface area contributed by atoms with Crippen LogP contribution in [0.3, 0.4) is 0 Å². The quantitative estimate of drug-likeness (QED) is 0.752. The molecule has 2 N–H and O–H groups in total. The van der Waals surface area contributed by atoms with Gasteiger partial charge in [0, 0.05) is 12.1 Å². The van der Waals surface area contributed by atoms with Crippen LogP contribution in [0, 0.1) is 11.3 Å². The van der Waals surface area contributed by atoms with E-state index in [4.69, 9.17) is 0 Å². The monoisotopic (exact) mass is 226 g/mol. The van der Waals surface area contributed by atoms with Crippen LogP contribution in [0.1, 0.15) is 47.5 Å². The number of amides is 1. The topological polar surface area (TPSA) is 41.1 Å². The molecule has 1 fully saturated rings. The Balaban J connectivity index is 2.19. The van der Waals surface area contributed by atoms with Crippen LogP contribution in [0.25, 0.3) is 0 Å². The molecule has 0 spiro atoms. The molecule has 3 nitrogen and oxygen atoms in total. The Kier molecular flexibility index (Phi) is 4.00. The molecule has 0 aromatic carbocycles. The van der Waals surface area contributed by atoms with Crippen molar-refractivity contribution in [1.82, 2.24) is 10.6 Å². The summed E-state index contributed by atoms with van der Waals surface area (Å²) in [5, 5.41) is 6.23. The molecule has 0 atom stereocenters. The molecule has 3 heteroatoms. The Morgan fingerprint density at radius 2 is 1.88 bits per heavy atom. The molecular formula is C13H26N2O. The number of nitrogens with one attached hydrogen (secondary N) is 2. The maximum Gasteiger partial charge on any atom is 0.234 e. The second-order valence-electron chi connectivity index (χ2n) is 6.42. The number of carbonyl (C=O) groups excluding carboxylic acids is 1. The van der Waals surface area contributed by atoms with Crippen molar-refractivity contribution in [1.29, 1.82) is 0 Å². The lowest BCUT2D eigenvalue weighted by Gasteiger charge is -2.22. The molecule has 0 saturated heterocycles. The smallest absolute Gasteiger partial charge is 0.234 e. The van der Waals surface area contributed by atoms with E-state index in [9.17, 15) is 4.79 Å². The summed E-state index contributed by atoms with van der Waals surface area (Å²) in [6, 6.07) is 0. The van der Waals surface area contributed by atoms with Crippen LogP contribution >= 0.6 is 0 Å². The van der Waals surface area contributed by atoms with Crippen LogP contribution < -0.4 is 10.6 Å². The summed E-state index contributed by atoms with van der Waals surface area (Å²) in [7, 11) is 0. The van der Waals surface area contributed by atoms with Crippen molar-refractivity contribution < 1.29 is 4.79 Å². The molecule has 0 aliphatic heterocycles. The van der Waals surface area contributed by atoms with Crippen LogP contribution in [0.5, 0.6) is 0 Å². The molecule has 16 heavy (non-hydrogen) atoms. The molecule has 1 amide bonds. The fourth-order valence-electron chi connectivity index (χ4n) is 2.01. The van der Waals surface area contributed by atoms with Gasteiger partial charge in [-0.3, -0.25) is 4.79 Å². The highest BCUT2D eigenvalue weighted by Crippen LogP contribution is 2.51.